The van der Waals surface area contributed by atoms with Crippen LogP contribution in [0.1, 0.15) is 34.7 Å². The molecule has 0 radical (unpaired) electrons. The normalized spacial score (nSPS) is 12.5. The molecule has 1 aromatic carbocycles. The highest BCUT2D eigenvalue weighted by Gasteiger charge is 2.21. The fraction of sp³-hybridized carbons (Fsp3) is 0.286. The van der Waals surface area contributed by atoms with Crippen molar-refractivity contribution >= 4 is 33.3 Å². The summed E-state index contributed by atoms with van der Waals surface area (Å²) in [6.45, 7) is 5.70. The molecule has 0 spiro atoms. The Morgan fingerprint density at radius 2 is 1.89 bits per heavy atom. The molecule has 2 rings (SSSR count). The Labute approximate surface area is 125 Å². The van der Waals surface area contributed by atoms with Gasteiger partial charge in [0.1, 0.15) is 6.04 Å². The van der Waals surface area contributed by atoms with Gasteiger partial charge in [0.05, 0.1) is 15.9 Å². The number of hydrogen-bond donors (Lipinski definition) is 0. The third kappa shape index (κ3) is 2.74. The van der Waals surface area contributed by atoms with Crippen molar-refractivity contribution in [1.29, 1.82) is 0 Å². The first-order valence-electron chi connectivity index (χ1n) is 5.92. The van der Waals surface area contributed by atoms with E-state index in [4.69, 9.17) is 11.6 Å². The average Bonchev–Trinajstić information content (AvgIpc) is 2.66. The minimum absolute atomic E-state index is 0.0229. The van der Waals surface area contributed by atoms with Gasteiger partial charge in [-0.1, -0.05) is 11.6 Å². The Hall–Kier alpha value is -1.13. The summed E-state index contributed by atoms with van der Waals surface area (Å²) in [5, 5.41) is 5.02. The van der Waals surface area contributed by atoms with E-state index in [-0.39, 0.29) is 11.8 Å². The second-order valence-electron chi connectivity index (χ2n) is 4.48. The number of hydrogen-bond acceptors (Lipinski definition) is 2. The van der Waals surface area contributed by atoms with Gasteiger partial charge >= 0.3 is 0 Å². The zero-order chi connectivity index (χ0) is 14.2. The predicted octanol–water partition coefficient (Wildman–Crippen LogP) is 4.36. The molecule has 100 valence electrons. The van der Waals surface area contributed by atoms with E-state index < -0.39 is 0 Å². The van der Waals surface area contributed by atoms with Crippen LogP contribution in [0.3, 0.4) is 0 Å². The zero-order valence-electron chi connectivity index (χ0n) is 10.9. The summed E-state index contributed by atoms with van der Waals surface area (Å²) in [4.78, 5) is 12.4. The molecule has 0 amide bonds. The Morgan fingerprint density at radius 3 is 2.37 bits per heavy atom. The second-order valence-corrected chi connectivity index (χ2v) is 5.71. The minimum atomic E-state index is -0.342. The smallest absolute Gasteiger partial charge is 0.187 e. The molecule has 3 nitrogen and oxygen atoms in total. The maximum absolute atomic E-state index is 12.4. The summed E-state index contributed by atoms with van der Waals surface area (Å²) < 4.78 is 2.69. The van der Waals surface area contributed by atoms with Crippen LogP contribution in [-0.2, 0) is 0 Å². The van der Waals surface area contributed by atoms with Crippen LogP contribution in [0, 0.1) is 13.8 Å². The topological polar surface area (TPSA) is 34.9 Å². The van der Waals surface area contributed by atoms with Crippen LogP contribution in [0.5, 0.6) is 0 Å². The van der Waals surface area contributed by atoms with Crippen molar-refractivity contribution in [2.24, 2.45) is 0 Å². The number of aryl methyl sites for hydroxylation is 1. The van der Waals surface area contributed by atoms with Gasteiger partial charge in [-0.25, -0.2) is 0 Å². The third-order valence-electron chi connectivity index (χ3n) is 3.11. The zero-order valence-corrected chi connectivity index (χ0v) is 13.3. The van der Waals surface area contributed by atoms with Crippen molar-refractivity contribution in [1.82, 2.24) is 9.78 Å². The highest BCUT2D eigenvalue weighted by Crippen LogP contribution is 2.24. The molecule has 0 aliphatic carbocycles. The van der Waals surface area contributed by atoms with Crippen LogP contribution < -0.4 is 0 Å². The highest BCUT2D eigenvalue weighted by atomic mass is 79.9. The lowest BCUT2D eigenvalue weighted by atomic mass is 10.1. The molecule has 1 aromatic heterocycles. The fourth-order valence-electron chi connectivity index (χ4n) is 1.99. The summed E-state index contributed by atoms with van der Waals surface area (Å²) >= 11 is 9.30. The van der Waals surface area contributed by atoms with Gasteiger partial charge in [-0.3, -0.25) is 9.48 Å². The number of aromatic nitrogens is 2. The molecule has 0 saturated heterocycles. The molecular formula is C14H14BrClN2O. The maximum atomic E-state index is 12.4. The van der Waals surface area contributed by atoms with Gasteiger partial charge in [0, 0.05) is 10.6 Å². The van der Waals surface area contributed by atoms with Crippen LogP contribution in [-0.4, -0.2) is 15.6 Å². The largest absolute Gasteiger partial charge is 0.292 e. The highest BCUT2D eigenvalue weighted by molar-refractivity contribution is 9.10. The molecule has 0 aliphatic heterocycles. The van der Waals surface area contributed by atoms with E-state index in [0.717, 1.165) is 15.9 Å². The SMILES string of the molecule is Cc1nn(C(C)C(=O)c2ccc(Cl)cc2)c(C)c1Br. The molecule has 0 N–H and O–H groups in total. The summed E-state index contributed by atoms with van der Waals surface area (Å²) in [5.41, 5.74) is 2.47. The average molecular weight is 342 g/mol. The molecular weight excluding hydrogens is 328 g/mol. The van der Waals surface area contributed by atoms with Gasteiger partial charge in [0.25, 0.3) is 0 Å². The van der Waals surface area contributed by atoms with Crippen LogP contribution >= 0.6 is 27.5 Å². The van der Waals surface area contributed by atoms with Crippen LogP contribution in [0.15, 0.2) is 28.7 Å². The summed E-state index contributed by atoms with van der Waals surface area (Å²) in [6.07, 6.45) is 0. The molecule has 1 unspecified atom stereocenters. The van der Waals surface area contributed by atoms with Crippen molar-refractivity contribution in [2.45, 2.75) is 26.8 Å². The Kier molecular flexibility index (Phi) is 4.11. The van der Waals surface area contributed by atoms with Crippen molar-refractivity contribution < 1.29 is 4.79 Å². The fourth-order valence-corrected chi connectivity index (χ4v) is 2.37. The first kappa shape index (κ1) is 14.3. The van der Waals surface area contributed by atoms with Gasteiger partial charge in [-0.15, -0.1) is 0 Å². The van der Waals surface area contributed by atoms with Gasteiger partial charge in [0.2, 0.25) is 0 Å². The van der Waals surface area contributed by atoms with Gasteiger partial charge < -0.3 is 0 Å². The van der Waals surface area contributed by atoms with Crippen molar-refractivity contribution in [3.8, 4) is 0 Å². The summed E-state index contributed by atoms with van der Waals surface area (Å²) in [5.74, 6) is 0.0229. The molecule has 19 heavy (non-hydrogen) atoms. The van der Waals surface area contributed by atoms with E-state index >= 15 is 0 Å². The standard InChI is InChI=1S/C14H14BrClN2O/c1-8-13(15)9(2)18(17-8)10(3)14(19)11-4-6-12(16)7-5-11/h4-7,10H,1-3H3. The predicted molar refractivity (Wildman–Crippen MR) is 79.9 cm³/mol. The first-order chi connectivity index (χ1) is 8.91. The molecule has 0 bridgehead atoms. The van der Waals surface area contributed by atoms with E-state index in [1.54, 1.807) is 28.9 Å². The number of nitrogens with zero attached hydrogens (tertiary/aromatic N) is 2. The van der Waals surface area contributed by atoms with E-state index in [2.05, 4.69) is 21.0 Å². The van der Waals surface area contributed by atoms with Crippen molar-refractivity contribution in [3.63, 3.8) is 0 Å². The number of halogens is 2. The lowest BCUT2D eigenvalue weighted by molar-refractivity contribution is 0.0926. The van der Waals surface area contributed by atoms with Gasteiger partial charge in [0.15, 0.2) is 5.78 Å². The Balaban J connectivity index is 2.33. The van der Waals surface area contributed by atoms with E-state index in [0.29, 0.717) is 10.6 Å². The molecule has 0 saturated carbocycles. The third-order valence-corrected chi connectivity index (χ3v) is 4.51. The lowest BCUT2D eigenvalue weighted by Crippen LogP contribution is -2.19. The molecule has 1 heterocycles. The van der Waals surface area contributed by atoms with Crippen molar-refractivity contribution in [2.75, 3.05) is 0 Å². The number of ketones is 1. The number of carbonyl (C=O) groups is 1. The minimum Gasteiger partial charge on any atom is -0.292 e. The van der Waals surface area contributed by atoms with E-state index in [1.807, 2.05) is 20.8 Å². The first-order valence-corrected chi connectivity index (χ1v) is 7.10. The quantitative estimate of drug-likeness (QED) is 0.777. The monoisotopic (exact) mass is 340 g/mol. The summed E-state index contributed by atoms with van der Waals surface area (Å²) in [6, 6.07) is 6.58. The van der Waals surface area contributed by atoms with Gasteiger partial charge in [-0.05, 0) is 61.0 Å². The number of Topliss-reactive ketones (excluding diaryl/α,β-unsaturated/α-hetero) is 1. The molecule has 0 aliphatic rings. The number of benzene rings is 1. The number of rotatable bonds is 3. The summed E-state index contributed by atoms with van der Waals surface area (Å²) in [7, 11) is 0. The maximum Gasteiger partial charge on any atom is 0.187 e. The van der Waals surface area contributed by atoms with Gasteiger partial charge in [-0.2, -0.15) is 5.10 Å². The van der Waals surface area contributed by atoms with E-state index in [9.17, 15) is 4.79 Å². The number of carbonyl (C=O) groups excluding carboxylic acids is 1. The van der Waals surface area contributed by atoms with Crippen LogP contribution in [0.25, 0.3) is 0 Å². The Morgan fingerprint density at radius 1 is 1.32 bits per heavy atom. The van der Waals surface area contributed by atoms with Crippen LogP contribution in [0.4, 0.5) is 0 Å². The molecule has 1 atom stereocenters. The lowest BCUT2D eigenvalue weighted by Gasteiger charge is -2.13. The van der Waals surface area contributed by atoms with Crippen molar-refractivity contribution in [3.05, 3.63) is 50.7 Å². The molecule has 0 fully saturated rings. The second kappa shape index (κ2) is 5.47. The molecule has 5 heteroatoms. The molecule has 2 aromatic rings. The Bertz CT molecular complexity index is 619. The van der Waals surface area contributed by atoms with Crippen LogP contribution in [0.2, 0.25) is 5.02 Å². The van der Waals surface area contributed by atoms with E-state index in [1.165, 1.54) is 0 Å².